The number of anilines is 1. The molecule has 174 valence electrons. The lowest BCUT2D eigenvalue weighted by atomic mass is 10.2. The molecule has 0 radical (unpaired) electrons. The lowest BCUT2D eigenvalue weighted by Crippen LogP contribution is -2.46. The number of rotatable bonds is 6. The number of halogens is 1. The van der Waals surface area contributed by atoms with E-state index < -0.39 is 15.7 Å². The van der Waals surface area contributed by atoms with Gasteiger partial charge in [0.25, 0.3) is 0 Å². The second kappa shape index (κ2) is 9.40. The molecule has 8 heteroatoms. The van der Waals surface area contributed by atoms with E-state index in [1.807, 2.05) is 23.1 Å². The van der Waals surface area contributed by atoms with Crippen LogP contribution in [0.2, 0.25) is 0 Å². The van der Waals surface area contributed by atoms with Crippen molar-refractivity contribution in [1.29, 1.82) is 0 Å². The van der Waals surface area contributed by atoms with E-state index in [0.29, 0.717) is 13.1 Å². The predicted octanol–water partition coefficient (Wildman–Crippen LogP) is 4.64. The number of hydrogen-bond donors (Lipinski definition) is 0. The van der Waals surface area contributed by atoms with Crippen LogP contribution in [0.3, 0.4) is 0 Å². The minimum Gasteiger partial charge on any atom is -0.419 e. The first-order valence-electron chi connectivity index (χ1n) is 11.1. The highest BCUT2D eigenvalue weighted by Crippen LogP contribution is 2.35. The lowest BCUT2D eigenvalue weighted by molar-refractivity contribution is 0.245. The second-order valence-electron chi connectivity index (χ2n) is 8.17. The Labute approximate surface area is 198 Å². The van der Waals surface area contributed by atoms with Crippen molar-refractivity contribution in [2.45, 2.75) is 16.5 Å². The molecular weight excluding hydrogens is 453 g/mol. The maximum atomic E-state index is 14.5. The molecule has 1 saturated heterocycles. The van der Waals surface area contributed by atoms with Gasteiger partial charge in [0, 0.05) is 32.7 Å². The number of sulfone groups is 1. The van der Waals surface area contributed by atoms with Gasteiger partial charge in [0.2, 0.25) is 26.6 Å². The topological polar surface area (TPSA) is 66.7 Å². The molecule has 3 aromatic carbocycles. The van der Waals surface area contributed by atoms with Crippen molar-refractivity contribution in [3.63, 3.8) is 0 Å². The smallest absolute Gasteiger partial charge is 0.236 e. The molecule has 1 aliphatic heterocycles. The zero-order chi connectivity index (χ0) is 23.5. The Morgan fingerprint density at radius 2 is 1.44 bits per heavy atom. The van der Waals surface area contributed by atoms with Crippen LogP contribution < -0.4 is 4.90 Å². The minimum absolute atomic E-state index is 0.0469. The van der Waals surface area contributed by atoms with Crippen molar-refractivity contribution in [3.8, 4) is 11.5 Å². The molecule has 4 aromatic rings. The average Bonchev–Trinajstić information content (AvgIpc) is 3.32. The Bertz CT molecular complexity index is 1370. The highest BCUT2D eigenvalue weighted by molar-refractivity contribution is 7.91. The number of oxazole rings is 1. The summed E-state index contributed by atoms with van der Waals surface area (Å²) in [6.07, 6.45) is 0. The third-order valence-electron chi connectivity index (χ3n) is 5.90. The van der Waals surface area contributed by atoms with E-state index in [1.165, 1.54) is 29.8 Å². The van der Waals surface area contributed by atoms with Crippen LogP contribution >= 0.6 is 0 Å². The molecule has 1 aromatic heterocycles. The number of aromatic nitrogens is 1. The first kappa shape index (κ1) is 22.3. The molecule has 34 heavy (non-hydrogen) atoms. The third kappa shape index (κ3) is 4.47. The van der Waals surface area contributed by atoms with Crippen molar-refractivity contribution in [1.82, 2.24) is 9.88 Å². The van der Waals surface area contributed by atoms with Crippen molar-refractivity contribution in [2.75, 3.05) is 31.1 Å². The van der Waals surface area contributed by atoms with E-state index in [9.17, 15) is 12.8 Å². The van der Waals surface area contributed by atoms with E-state index in [1.54, 1.807) is 30.3 Å². The van der Waals surface area contributed by atoms with Crippen LogP contribution in [-0.4, -0.2) is 44.5 Å². The Hall–Kier alpha value is -3.49. The Balaban J connectivity index is 1.47. The Morgan fingerprint density at radius 3 is 2.12 bits per heavy atom. The van der Waals surface area contributed by atoms with Gasteiger partial charge < -0.3 is 9.32 Å². The fourth-order valence-electron chi connectivity index (χ4n) is 4.08. The normalized spacial score (nSPS) is 14.9. The molecule has 0 bridgehead atoms. The average molecular weight is 478 g/mol. The van der Waals surface area contributed by atoms with Crippen LogP contribution in [0.15, 0.2) is 99.3 Å². The van der Waals surface area contributed by atoms with Crippen molar-refractivity contribution >= 4 is 15.7 Å². The van der Waals surface area contributed by atoms with Gasteiger partial charge in [-0.2, -0.15) is 4.98 Å². The molecule has 0 N–H and O–H groups in total. The number of hydrogen-bond acceptors (Lipinski definition) is 6. The summed E-state index contributed by atoms with van der Waals surface area (Å²) in [5.41, 5.74) is 1.35. The monoisotopic (exact) mass is 477 g/mol. The largest absolute Gasteiger partial charge is 0.419 e. The maximum absolute atomic E-state index is 14.5. The molecule has 0 amide bonds. The van der Waals surface area contributed by atoms with Crippen LogP contribution in [0.5, 0.6) is 0 Å². The third-order valence-corrected chi connectivity index (χ3v) is 7.57. The van der Waals surface area contributed by atoms with Crippen LogP contribution in [0, 0.1) is 5.82 Å². The lowest BCUT2D eigenvalue weighted by Gasteiger charge is -2.34. The summed E-state index contributed by atoms with van der Waals surface area (Å²) in [5.74, 6) is -0.414. The highest BCUT2D eigenvalue weighted by Gasteiger charge is 2.33. The van der Waals surface area contributed by atoms with E-state index in [4.69, 9.17) is 4.42 Å². The first-order chi connectivity index (χ1) is 16.5. The van der Waals surface area contributed by atoms with Gasteiger partial charge in [-0.3, -0.25) is 4.90 Å². The molecule has 1 aliphatic rings. The number of piperazine rings is 1. The van der Waals surface area contributed by atoms with E-state index >= 15 is 0 Å². The summed E-state index contributed by atoms with van der Waals surface area (Å²) in [6, 6.07) is 24.4. The minimum atomic E-state index is -3.96. The van der Waals surface area contributed by atoms with Gasteiger partial charge in [-0.25, -0.2) is 12.8 Å². The summed E-state index contributed by atoms with van der Waals surface area (Å²) >= 11 is 0. The molecule has 1 fully saturated rings. The molecule has 0 spiro atoms. The molecule has 0 atom stereocenters. The van der Waals surface area contributed by atoms with E-state index in [0.717, 1.165) is 19.6 Å². The summed E-state index contributed by atoms with van der Waals surface area (Å²) in [5, 5.41) is -0.187. The Morgan fingerprint density at radius 1 is 0.824 bits per heavy atom. The van der Waals surface area contributed by atoms with Crippen LogP contribution in [-0.2, 0) is 16.4 Å². The van der Waals surface area contributed by atoms with Gasteiger partial charge in [-0.05, 0) is 29.8 Å². The molecule has 5 rings (SSSR count). The fourth-order valence-corrected chi connectivity index (χ4v) is 5.43. The molecule has 0 saturated carbocycles. The molecule has 6 nitrogen and oxygen atoms in total. The zero-order valence-electron chi connectivity index (χ0n) is 18.5. The summed E-state index contributed by atoms with van der Waals surface area (Å²) in [4.78, 5) is 8.61. The number of nitrogens with zero attached hydrogens (tertiary/aromatic N) is 3. The van der Waals surface area contributed by atoms with E-state index in [-0.39, 0.29) is 27.3 Å². The van der Waals surface area contributed by atoms with Gasteiger partial charge in [0.05, 0.1) is 10.5 Å². The van der Waals surface area contributed by atoms with Crippen molar-refractivity contribution in [2.24, 2.45) is 0 Å². The van der Waals surface area contributed by atoms with Crippen molar-refractivity contribution in [3.05, 3.63) is 96.3 Å². The van der Waals surface area contributed by atoms with Gasteiger partial charge >= 0.3 is 0 Å². The predicted molar refractivity (Wildman–Crippen MR) is 128 cm³/mol. The van der Waals surface area contributed by atoms with Gasteiger partial charge in [0.1, 0.15) is 5.82 Å². The van der Waals surface area contributed by atoms with Gasteiger partial charge in [-0.1, -0.05) is 60.7 Å². The van der Waals surface area contributed by atoms with Crippen molar-refractivity contribution < 1.29 is 17.2 Å². The second-order valence-corrected chi connectivity index (χ2v) is 10.0. The highest BCUT2D eigenvalue weighted by atomic mass is 32.2. The number of benzene rings is 3. The summed E-state index contributed by atoms with van der Waals surface area (Å²) in [7, 11) is -3.96. The summed E-state index contributed by atoms with van der Waals surface area (Å²) in [6.45, 7) is 3.41. The quantitative estimate of drug-likeness (QED) is 0.403. The molecule has 0 aliphatic carbocycles. The van der Waals surface area contributed by atoms with Gasteiger partial charge in [0.15, 0.2) is 0 Å². The van der Waals surface area contributed by atoms with Crippen LogP contribution in [0.1, 0.15) is 5.56 Å². The summed E-state index contributed by atoms with van der Waals surface area (Å²) < 4.78 is 47.4. The zero-order valence-corrected chi connectivity index (χ0v) is 19.3. The molecular formula is C26H24FN3O3S. The van der Waals surface area contributed by atoms with Gasteiger partial charge in [-0.15, -0.1) is 0 Å². The van der Waals surface area contributed by atoms with Crippen LogP contribution in [0.25, 0.3) is 11.5 Å². The maximum Gasteiger partial charge on any atom is 0.236 e. The van der Waals surface area contributed by atoms with Crippen LogP contribution in [0.4, 0.5) is 10.3 Å². The molecule has 2 heterocycles. The fraction of sp³-hybridized carbons (Fsp3) is 0.192. The standard InChI is InChI=1S/C26H24FN3O3S/c27-23-14-8-7-13-22(23)24-28-25(34(31,32)21-11-5-2-6-12-21)26(33-24)30-17-15-29(16-18-30)19-20-9-3-1-4-10-20/h1-14H,15-19H2. The SMILES string of the molecule is O=S(=O)(c1ccccc1)c1nc(-c2ccccc2F)oc1N1CCN(Cc2ccccc2)CC1. The Kier molecular flexibility index (Phi) is 6.17. The van der Waals surface area contributed by atoms with E-state index in [2.05, 4.69) is 22.0 Å². The first-order valence-corrected chi connectivity index (χ1v) is 12.6. The molecule has 0 unspecified atom stereocenters.